The van der Waals surface area contributed by atoms with Crippen molar-refractivity contribution in [2.24, 2.45) is 11.1 Å². The second-order valence-electron chi connectivity index (χ2n) is 10.3. The second kappa shape index (κ2) is 11.7. The van der Waals surface area contributed by atoms with Gasteiger partial charge in [0.1, 0.15) is 0 Å². The van der Waals surface area contributed by atoms with Gasteiger partial charge >= 0.3 is 12.1 Å². The summed E-state index contributed by atoms with van der Waals surface area (Å²) in [5.74, 6) is -0.670. The predicted molar refractivity (Wildman–Crippen MR) is 137 cm³/mol. The Hall–Kier alpha value is -2.87. The van der Waals surface area contributed by atoms with Crippen molar-refractivity contribution in [1.82, 2.24) is 4.90 Å². The molecule has 8 heteroatoms. The Morgan fingerprint density at radius 2 is 1.76 bits per heavy atom. The molecule has 2 aromatic carbocycles. The molecule has 0 amide bonds. The molecule has 1 atom stereocenters. The fourth-order valence-electron chi connectivity index (χ4n) is 5.30. The van der Waals surface area contributed by atoms with Crippen molar-refractivity contribution >= 4 is 11.7 Å². The zero-order valence-corrected chi connectivity index (χ0v) is 21.4. The Morgan fingerprint density at radius 1 is 1.08 bits per heavy atom. The number of hydrogen-bond donors (Lipinski definition) is 1. The standard InChI is InChI=1S/C29H35F3N2O3/c1-3-20-15-24(13-14-25(20)16-34-17-26(18-34)28(35)36)19(2)33-37-27(29(30,31)32)23-11-9-22(10-12-23)21-7-5-4-6-8-21/h9-15,21,26-27H,3-8,16-18H2,1-2H3,(H,35,36)/b33-19+. The molecule has 200 valence electrons. The van der Waals surface area contributed by atoms with E-state index in [1.54, 1.807) is 19.1 Å². The lowest BCUT2D eigenvalue weighted by Crippen LogP contribution is -2.49. The van der Waals surface area contributed by atoms with Crippen LogP contribution in [0.15, 0.2) is 47.6 Å². The number of rotatable bonds is 9. The molecule has 0 spiro atoms. The number of halogens is 3. The van der Waals surface area contributed by atoms with Crippen LogP contribution < -0.4 is 0 Å². The van der Waals surface area contributed by atoms with Gasteiger partial charge in [-0.3, -0.25) is 9.69 Å². The quantitative estimate of drug-likeness (QED) is 0.292. The first kappa shape index (κ1) is 27.2. The molecule has 2 fully saturated rings. The zero-order chi connectivity index (χ0) is 26.6. The lowest BCUT2D eigenvalue weighted by atomic mass is 9.84. The van der Waals surface area contributed by atoms with Crippen LogP contribution in [-0.4, -0.2) is 41.0 Å². The van der Waals surface area contributed by atoms with E-state index in [9.17, 15) is 18.0 Å². The summed E-state index contributed by atoms with van der Waals surface area (Å²) in [7, 11) is 0. The molecule has 1 aliphatic carbocycles. The van der Waals surface area contributed by atoms with Crippen molar-refractivity contribution in [3.63, 3.8) is 0 Å². The average molecular weight is 517 g/mol. The summed E-state index contributed by atoms with van der Waals surface area (Å²) >= 11 is 0. The Kier molecular flexibility index (Phi) is 8.57. The highest BCUT2D eigenvalue weighted by molar-refractivity contribution is 5.98. The highest BCUT2D eigenvalue weighted by Gasteiger charge is 2.43. The molecule has 1 saturated heterocycles. The number of carboxylic acids is 1. The number of aryl methyl sites for hydroxylation is 1. The second-order valence-corrected chi connectivity index (χ2v) is 10.3. The third kappa shape index (κ3) is 6.72. The van der Waals surface area contributed by atoms with Gasteiger partial charge < -0.3 is 9.94 Å². The van der Waals surface area contributed by atoms with Gasteiger partial charge in [0.2, 0.25) is 6.10 Å². The van der Waals surface area contributed by atoms with Gasteiger partial charge in [-0.15, -0.1) is 0 Å². The molecule has 1 unspecified atom stereocenters. The van der Waals surface area contributed by atoms with Gasteiger partial charge in [0.25, 0.3) is 0 Å². The maximum absolute atomic E-state index is 13.9. The largest absolute Gasteiger partial charge is 0.481 e. The molecule has 5 nitrogen and oxygen atoms in total. The molecule has 0 bridgehead atoms. The van der Waals surface area contributed by atoms with E-state index in [1.807, 2.05) is 25.1 Å². The van der Waals surface area contributed by atoms with E-state index in [0.717, 1.165) is 36.0 Å². The molecule has 1 heterocycles. The van der Waals surface area contributed by atoms with E-state index in [4.69, 9.17) is 9.94 Å². The van der Waals surface area contributed by atoms with Crippen LogP contribution in [0.25, 0.3) is 0 Å². The first-order valence-corrected chi connectivity index (χ1v) is 13.1. The number of aliphatic carboxylic acids is 1. The lowest BCUT2D eigenvalue weighted by Gasteiger charge is -2.37. The van der Waals surface area contributed by atoms with Gasteiger partial charge in [-0.2, -0.15) is 13.2 Å². The van der Waals surface area contributed by atoms with Crippen LogP contribution in [0.2, 0.25) is 0 Å². The number of likely N-dealkylation sites (tertiary alicyclic amines) is 1. The Labute approximate surface area is 216 Å². The zero-order valence-electron chi connectivity index (χ0n) is 21.4. The number of carboxylic acid groups (broad SMARTS) is 1. The SMILES string of the molecule is CCc1cc(/C(C)=N/OC(c2ccc(C3CCCCC3)cc2)C(F)(F)F)ccc1CN1CC(C(=O)O)C1. The van der Waals surface area contributed by atoms with Gasteiger partial charge in [-0.1, -0.05) is 67.7 Å². The molecule has 2 aliphatic rings. The van der Waals surface area contributed by atoms with Crippen molar-refractivity contribution < 1.29 is 27.9 Å². The first-order chi connectivity index (χ1) is 17.7. The maximum atomic E-state index is 13.9. The van der Waals surface area contributed by atoms with E-state index >= 15 is 0 Å². The third-order valence-electron chi connectivity index (χ3n) is 7.61. The molecule has 0 aromatic heterocycles. The van der Waals surface area contributed by atoms with Crippen molar-refractivity contribution in [2.45, 2.75) is 77.1 Å². The summed E-state index contributed by atoms with van der Waals surface area (Å²) < 4.78 is 41.7. The van der Waals surface area contributed by atoms with Crippen LogP contribution >= 0.6 is 0 Å². The van der Waals surface area contributed by atoms with Crippen LogP contribution in [0.5, 0.6) is 0 Å². The minimum Gasteiger partial charge on any atom is -0.481 e. The van der Waals surface area contributed by atoms with Crippen LogP contribution in [0.4, 0.5) is 13.2 Å². The molecular weight excluding hydrogens is 481 g/mol. The van der Waals surface area contributed by atoms with Gasteiger partial charge in [0.05, 0.1) is 11.6 Å². The number of benzene rings is 2. The van der Waals surface area contributed by atoms with Crippen molar-refractivity contribution in [2.75, 3.05) is 13.1 Å². The summed E-state index contributed by atoms with van der Waals surface area (Å²) in [6, 6.07) is 12.3. The molecular formula is C29H35F3N2O3. The molecule has 2 aromatic rings. The number of nitrogens with zero attached hydrogens (tertiary/aromatic N) is 2. The van der Waals surface area contributed by atoms with E-state index in [0.29, 0.717) is 36.8 Å². The molecule has 4 rings (SSSR count). The van der Waals surface area contributed by atoms with Crippen molar-refractivity contribution in [3.8, 4) is 0 Å². The number of alkyl halides is 3. The van der Waals surface area contributed by atoms with Gasteiger partial charge in [0, 0.05) is 25.2 Å². The lowest BCUT2D eigenvalue weighted by molar-refractivity contribution is -0.224. The van der Waals surface area contributed by atoms with E-state index in [2.05, 4.69) is 10.1 Å². The highest BCUT2D eigenvalue weighted by Crippen LogP contribution is 2.38. The topological polar surface area (TPSA) is 62.1 Å². The van der Waals surface area contributed by atoms with Gasteiger partial charge in [-0.05, 0) is 60.4 Å². The monoisotopic (exact) mass is 516 g/mol. The molecule has 1 saturated carbocycles. The maximum Gasteiger partial charge on any atom is 0.432 e. The van der Waals surface area contributed by atoms with Crippen LogP contribution in [0.3, 0.4) is 0 Å². The minimum absolute atomic E-state index is 0.0439. The summed E-state index contributed by atoms with van der Waals surface area (Å²) in [5.41, 5.74) is 4.33. The summed E-state index contributed by atoms with van der Waals surface area (Å²) in [4.78, 5) is 18.2. The van der Waals surface area contributed by atoms with E-state index in [-0.39, 0.29) is 11.5 Å². The predicted octanol–water partition coefficient (Wildman–Crippen LogP) is 6.86. The smallest absolute Gasteiger partial charge is 0.432 e. The highest BCUT2D eigenvalue weighted by atomic mass is 19.4. The fraction of sp³-hybridized carbons (Fsp3) is 0.517. The molecule has 37 heavy (non-hydrogen) atoms. The van der Waals surface area contributed by atoms with Crippen LogP contribution in [0.1, 0.15) is 85.8 Å². The van der Waals surface area contributed by atoms with Gasteiger partial charge in [-0.25, -0.2) is 0 Å². The summed E-state index contributed by atoms with van der Waals surface area (Å²) in [6.07, 6.45) is -0.266. The molecule has 0 radical (unpaired) electrons. The molecule has 1 aliphatic heterocycles. The average Bonchev–Trinajstić information content (AvgIpc) is 2.85. The summed E-state index contributed by atoms with van der Waals surface area (Å²) in [5, 5.41) is 13.0. The number of carbonyl (C=O) groups is 1. The van der Waals surface area contributed by atoms with Crippen LogP contribution in [0, 0.1) is 5.92 Å². The fourth-order valence-corrected chi connectivity index (χ4v) is 5.30. The normalized spacial score (nSPS) is 18.9. The van der Waals surface area contributed by atoms with Crippen molar-refractivity contribution in [3.05, 3.63) is 70.3 Å². The number of hydrogen-bond acceptors (Lipinski definition) is 4. The minimum atomic E-state index is -4.60. The number of oxime groups is 1. The van der Waals surface area contributed by atoms with Gasteiger partial charge in [0.15, 0.2) is 0 Å². The van der Waals surface area contributed by atoms with Crippen molar-refractivity contribution in [1.29, 1.82) is 0 Å². The van der Waals surface area contributed by atoms with E-state index in [1.165, 1.54) is 31.4 Å². The Bertz CT molecular complexity index is 1100. The Morgan fingerprint density at radius 3 is 2.35 bits per heavy atom. The summed E-state index contributed by atoms with van der Waals surface area (Å²) in [6.45, 7) is 5.34. The third-order valence-corrected chi connectivity index (χ3v) is 7.61. The first-order valence-electron chi connectivity index (χ1n) is 13.1. The molecule has 1 N–H and O–H groups in total. The van der Waals surface area contributed by atoms with Crippen LogP contribution in [-0.2, 0) is 22.6 Å². The van der Waals surface area contributed by atoms with E-state index < -0.39 is 18.2 Å². The Balaban J connectivity index is 1.45.